The third-order valence-electron chi connectivity index (χ3n) is 3.18. The molecule has 1 N–H and O–H groups in total. The number of hydrogen-bond donors (Lipinski definition) is 1. The number of rotatable bonds is 4. The van der Waals surface area contributed by atoms with Crippen molar-refractivity contribution < 1.29 is 0 Å². The molecule has 0 radical (unpaired) electrons. The third-order valence-corrected chi connectivity index (χ3v) is 4.16. The molecule has 0 bridgehead atoms. The molecule has 0 amide bonds. The van der Waals surface area contributed by atoms with E-state index in [-0.39, 0.29) is 0 Å². The molecule has 1 unspecified atom stereocenters. The van der Waals surface area contributed by atoms with E-state index in [1.807, 2.05) is 12.1 Å². The highest BCUT2D eigenvalue weighted by Crippen LogP contribution is 2.28. The Morgan fingerprint density at radius 2 is 2.11 bits per heavy atom. The Balaban J connectivity index is 1.96. The van der Waals surface area contributed by atoms with Gasteiger partial charge in [0, 0.05) is 15.6 Å². The second-order valence-electron chi connectivity index (χ2n) is 4.40. The average molecular weight is 269 g/mol. The Morgan fingerprint density at radius 3 is 2.89 bits per heavy atom. The Bertz CT molecular complexity index is 659. The van der Waals surface area contributed by atoms with Crippen LogP contribution in [0.2, 0.25) is 0 Å². The first-order chi connectivity index (χ1) is 9.38. The fourth-order valence-electron chi connectivity index (χ4n) is 2.16. The van der Waals surface area contributed by atoms with Crippen LogP contribution in [0, 0.1) is 0 Å². The first-order valence-corrected chi connectivity index (χ1v) is 7.27. The molecule has 0 aliphatic carbocycles. The molecule has 3 aromatic rings. The highest BCUT2D eigenvalue weighted by Gasteiger charge is 2.12. The third kappa shape index (κ3) is 2.44. The van der Waals surface area contributed by atoms with Crippen LogP contribution in [0.15, 0.2) is 48.0 Å². The lowest BCUT2D eigenvalue weighted by Gasteiger charge is -2.16. The van der Waals surface area contributed by atoms with Crippen LogP contribution >= 0.6 is 11.3 Å². The lowest BCUT2D eigenvalue weighted by molar-refractivity contribution is 0.756. The summed E-state index contributed by atoms with van der Waals surface area (Å²) in [5.41, 5.74) is 0. The van der Waals surface area contributed by atoms with Gasteiger partial charge in [-0.15, -0.1) is 16.4 Å². The Morgan fingerprint density at radius 1 is 1.21 bits per heavy atom. The van der Waals surface area contributed by atoms with Crippen LogP contribution in [0.4, 0.5) is 5.82 Å². The quantitative estimate of drug-likeness (QED) is 0.769. The molecule has 2 heterocycles. The van der Waals surface area contributed by atoms with Crippen molar-refractivity contribution in [3.63, 3.8) is 0 Å². The molecule has 1 aromatic carbocycles. The SMILES string of the molecule is CCC(Nc1nncc2ccccc12)c1cccs1. The van der Waals surface area contributed by atoms with E-state index < -0.39 is 0 Å². The van der Waals surface area contributed by atoms with Gasteiger partial charge in [0.05, 0.1) is 12.2 Å². The first-order valence-electron chi connectivity index (χ1n) is 6.39. The first kappa shape index (κ1) is 12.1. The lowest BCUT2D eigenvalue weighted by Crippen LogP contribution is -2.10. The van der Waals surface area contributed by atoms with Crippen LogP contribution < -0.4 is 5.32 Å². The minimum Gasteiger partial charge on any atom is -0.360 e. The maximum absolute atomic E-state index is 4.25. The molecule has 0 fully saturated rings. The van der Waals surface area contributed by atoms with Gasteiger partial charge in [-0.25, -0.2) is 0 Å². The van der Waals surface area contributed by atoms with Crippen molar-refractivity contribution in [2.75, 3.05) is 5.32 Å². The molecule has 1 atom stereocenters. The van der Waals surface area contributed by atoms with Crippen LogP contribution in [0.25, 0.3) is 10.8 Å². The van der Waals surface area contributed by atoms with Gasteiger partial charge in [-0.1, -0.05) is 37.3 Å². The van der Waals surface area contributed by atoms with Gasteiger partial charge in [-0.3, -0.25) is 0 Å². The van der Waals surface area contributed by atoms with Crippen molar-refractivity contribution in [1.29, 1.82) is 0 Å². The van der Waals surface area contributed by atoms with E-state index in [1.54, 1.807) is 17.5 Å². The van der Waals surface area contributed by atoms with Crippen molar-refractivity contribution in [3.05, 3.63) is 52.9 Å². The molecular formula is C15H15N3S. The predicted octanol–water partition coefficient (Wildman–Crippen LogP) is 4.25. The van der Waals surface area contributed by atoms with Crippen molar-refractivity contribution in [1.82, 2.24) is 10.2 Å². The fraction of sp³-hybridized carbons (Fsp3) is 0.200. The molecular weight excluding hydrogens is 254 g/mol. The van der Waals surface area contributed by atoms with E-state index in [0.29, 0.717) is 6.04 Å². The van der Waals surface area contributed by atoms with Gasteiger partial charge in [-0.2, -0.15) is 5.10 Å². The van der Waals surface area contributed by atoms with Crippen molar-refractivity contribution in [2.45, 2.75) is 19.4 Å². The normalized spacial score (nSPS) is 12.5. The monoisotopic (exact) mass is 269 g/mol. The Hall–Kier alpha value is -1.94. The number of aromatic nitrogens is 2. The van der Waals surface area contributed by atoms with Crippen molar-refractivity contribution in [2.24, 2.45) is 0 Å². The largest absolute Gasteiger partial charge is 0.360 e. The molecule has 0 saturated heterocycles. The highest BCUT2D eigenvalue weighted by molar-refractivity contribution is 7.10. The summed E-state index contributed by atoms with van der Waals surface area (Å²) >= 11 is 1.77. The maximum atomic E-state index is 4.25. The van der Waals surface area contributed by atoms with Gasteiger partial charge in [0.2, 0.25) is 0 Å². The zero-order chi connectivity index (χ0) is 13.1. The molecule has 2 aromatic heterocycles. The average Bonchev–Trinajstić information content (AvgIpc) is 2.99. The number of hydrogen-bond acceptors (Lipinski definition) is 4. The van der Waals surface area contributed by atoms with E-state index in [1.165, 1.54) is 4.88 Å². The maximum Gasteiger partial charge on any atom is 0.157 e. The summed E-state index contributed by atoms with van der Waals surface area (Å²) in [5, 5.41) is 16.2. The summed E-state index contributed by atoms with van der Waals surface area (Å²) in [6.45, 7) is 2.18. The van der Waals surface area contributed by atoms with Crippen molar-refractivity contribution in [3.8, 4) is 0 Å². The summed E-state index contributed by atoms with van der Waals surface area (Å²) in [6, 6.07) is 12.7. The number of nitrogens with zero attached hydrogens (tertiary/aromatic N) is 2. The molecule has 0 saturated carbocycles. The smallest absolute Gasteiger partial charge is 0.157 e. The Labute approximate surface area is 116 Å². The number of anilines is 1. The van der Waals surface area contributed by atoms with Gasteiger partial charge < -0.3 is 5.32 Å². The van der Waals surface area contributed by atoms with Crippen LogP contribution in [-0.2, 0) is 0 Å². The predicted molar refractivity (Wildman–Crippen MR) is 80.5 cm³/mol. The molecule has 96 valence electrons. The number of fused-ring (bicyclic) bond motifs is 1. The molecule has 0 aliphatic rings. The molecule has 0 aliphatic heterocycles. The van der Waals surface area contributed by atoms with Gasteiger partial charge >= 0.3 is 0 Å². The second kappa shape index (κ2) is 5.36. The zero-order valence-corrected chi connectivity index (χ0v) is 11.5. The van der Waals surface area contributed by atoms with Gasteiger partial charge in [0.25, 0.3) is 0 Å². The minimum absolute atomic E-state index is 0.292. The summed E-state index contributed by atoms with van der Waals surface area (Å²) in [7, 11) is 0. The zero-order valence-electron chi connectivity index (χ0n) is 10.7. The number of thiophene rings is 1. The summed E-state index contributed by atoms with van der Waals surface area (Å²) < 4.78 is 0. The van der Waals surface area contributed by atoms with E-state index in [0.717, 1.165) is 23.0 Å². The van der Waals surface area contributed by atoms with Crippen LogP contribution in [0.5, 0.6) is 0 Å². The molecule has 4 heteroatoms. The van der Waals surface area contributed by atoms with Gasteiger partial charge in [0.1, 0.15) is 0 Å². The lowest BCUT2D eigenvalue weighted by atomic mass is 10.1. The highest BCUT2D eigenvalue weighted by atomic mass is 32.1. The number of benzene rings is 1. The van der Waals surface area contributed by atoms with Gasteiger partial charge in [0.15, 0.2) is 5.82 Å². The summed E-state index contributed by atoms with van der Waals surface area (Å²) in [4.78, 5) is 1.33. The molecule has 19 heavy (non-hydrogen) atoms. The van der Waals surface area contributed by atoms with Gasteiger partial charge in [-0.05, 0) is 17.9 Å². The Kier molecular flexibility index (Phi) is 3.42. The minimum atomic E-state index is 0.292. The second-order valence-corrected chi connectivity index (χ2v) is 5.38. The molecule has 3 rings (SSSR count). The van der Waals surface area contributed by atoms with E-state index >= 15 is 0 Å². The molecule has 3 nitrogen and oxygen atoms in total. The summed E-state index contributed by atoms with van der Waals surface area (Å²) in [6.07, 6.45) is 2.82. The fourth-order valence-corrected chi connectivity index (χ4v) is 3.02. The van der Waals surface area contributed by atoms with Crippen LogP contribution in [0.1, 0.15) is 24.3 Å². The number of nitrogens with one attached hydrogen (secondary N) is 1. The molecule has 0 spiro atoms. The topological polar surface area (TPSA) is 37.8 Å². The summed E-state index contributed by atoms with van der Waals surface area (Å²) in [5.74, 6) is 0.860. The van der Waals surface area contributed by atoms with Crippen LogP contribution in [0.3, 0.4) is 0 Å². The van der Waals surface area contributed by atoms with E-state index in [4.69, 9.17) is 0 Å². The van der Waals surface area contributed by atoms with E-state index in [9.17, 15) is 0 Å². The standard InChI is InChI=1S/C15H15N3S/c1-2-13(14-8-5-9-19-14)17-15-12-7-4-3-6-11(12)10-16-18-15/h3-10,13H,2H2,1H3,(H,17,18). The van der Waals surface area contributed by atoms with E-state index in [2.05, 4.69) is 52.1 Å². The van der Waals surface area contributed by atoms with Crippen LogP contribution in [-0.4, -0.2) is 10.2 Å². The van der Waals surface area contributed by atoms with Crippen molar-refractivity contribution >= 4 is 27.9 Å².